The summed E-state index contributed by atoms with van der Waals surface area (Å²) in [4.78, 5) is 19.5. The van der Waals surface area contributed by atoms with E-state index in [0.29, 0.717) is 16.6 Å². The van der Waals surface area contributed by atoms with Crippen molar-refractivity contribution in [3.63, 3.8) is 0 Å². The molecular weight excluding hydrogens is 378 g/mol. The van der Waals surface area contributed by atoms with Gasteiger partial charge in [-0.3, -0.25) is 9.78 Å². The van der Waals surface area contributed by atoms with Crippen molar-refractivity contribution in [3.05, 3.63) is 59.3 Å². The molecule has 9 heteroatoms. The van der Waals surface area contributed by atoms with Crippen LogP contribution in [-0.2, 0) is 0 Å². The molecular formula is C19H17F4N3O2. The van der Waals surface area contributed by atoms with Crippen molar-refractivity contribution in [2.75, 3.05) is 6.61 Å². The fourth-order valence-corrected chi connectivity index (χ4v) is 2.70. The molecule has 0 spiro atoms. The molecule has 0 aliphatic rings. The summed E-state index contributed by atoms with van der Waals surface area (Å²) in [5.41, 5.74) is 1.63. The number of H-pyrrole nitrogens is 1. The lowest BCUT2D eigenvalue weighted by atomic mass is 10.2. The Hall–Kier alpha value is -3.10. The molecule has 1 atom stereocenters. The second-order valence-electron chi connectivity index (χ2n) is 6.33. The smallest absolute Gasteiger partial charge is 0.422 e. The van der Waals surface area contributed by atoms with Gasteiger partial charge in [0.2, 0.25) is 0 Å². The van der Waals surface area contributed by atoms with Gasteiger partial charge in [0, 0.05) is 10.9 Å². The predicted octanol–water partition coefficient (Wildman–Crippen LogP) is 4.44. The summed E-state index contributed by atoms with van der Waals surface area (Å²) in [6, 6.07) is 8.05. The molecule has 148 valence electrons. The zero-order valence-electron chi connectivity index (χ0n) is 15.0. The second kappa shape index (κ2) is 7.49. The molecule has 0 radical (unpaired) electrons. The van der Waals surface area contributed by atoms with Crippen LogP contribution in [0.15, 0.2) is 36.4 Å². The highest BCUT2D eigenvalue weighted by molar-refractivity contribution is 5.98. The Labute approximate surface area is 157 Å². The van der Waals surface area contributed by atoms with Crippen LogP contribution in [0.4, 0.5) is 17.6 Å². The minimum Gasteiger partial charge on any atom is -0.482 e. The van der Waals surface area contributed by atoms with Gasteiger partial charge < -0.3 is 15.0 Å². The minimum atomic E-state index is -4.44. The summed E-state index contributed by atoms with van der Waals surface area (Å²) in [6.07, 6.45) is -4.44. The van der Waals surface area contributed by atoms with Gasteiger partial charge in [-0.2, -0.15) is 13.2 Å². The number of aryl methyl sites for hydroxylation is 1. The number of aromatic nitrogens is 2. The maximum atomic E-state index is 13.3. The molecule has 5 nitrogen and oxygen atoms in total. The molecule has 0 saturated heterocycles. The average Bonchev–Trinajstić information content (AvgIpc) is 3.03. The van der Waals surface area contributed by atoms with E-state index in [1.807, 2.05) is 0 Å². The number of aromatic amines is 1. The molecule has 3 rings (SSSR count). The average molecular weight is 395 g/mol. The number of rotatable bonds is 5. The highest BCUT2D eigenvalue weighted by Gasteiger charge is 2.28. The fraction of sp³-hybridized carbons (Fsp3) is 0.263. The van der Waals surface area contributed by atoms with E-state index in [4.69, 9.17) is 4.74 Å². The zero-order valence-corrected chi connectivity index (χ0v) is 15.0. The number of carbonyl (C=O) groups is 1. The molecule has 0 unspecified atom stereocenters. The second-order valence-corrected chi connectivity index (χ2v) is 6.33. The van der Waals surface area contributed by atoms with Gasteiger partial charge in [0.05, 0.1) is 17.4 Å². The SMILES string of the molecule is Cc1nc([C@@H](C)NC(=O)c2cc3cc(F)ccc3[nH]2)ccc1OCC(F)(F)F. The first-order valence-electron chi connectivity index (χ1n) is 8.38. The van der Waals surface area contributed by atoms with Gasteiger partial charge in [-0.15, -0.1) is 0 Å². The van der Waals surface area contributed by atoms with Crippen molar-refractivity contribution in [3.8, 4) is 5.75 Å². The van der Waals surface area contributed by atoms with Crippen LogP contribution < -0.4 is 10.1 Å². The molecule has 1 aromatic carbocycles. The number of nitrogens with one attached hydrogen (secondary N) is 2. The first-order chi connectivity index (χ1) is 13.1. The summed E-state index contributed by atoms with van der Waals surface area (Å²) in [5, 5.41) is 3.31. The van der Waals surface area contributed by atoms with Gasteiger partial charge in [0.25, 0.3) is 5.91 Å². The Morgan fingerprint density at radius 2 is 2.00 bits per heavy atom. The summed E-state index contributed by atoms with van der Waals surface area (Å²) < 4.78 is 54.8. The Kier molecular flexibility index (Phi) is 5.26. The lowest BCUT2D eigenvalue weighted by molar-refractivity contribution is -0.153. The number of halogens is 4. The van der Waals surface area contributed by atoms with E-state index < -0.39 is 30.5 Å². The molecule has 0 bridgehead atoms. The number of nitrogens with zero attached hydrogens (tertiary/aromatic N) is 1. The first kappa shape index (κ1) is 19.7. The minimum absolute atomic E-state index is 0.0252. The van der Waals surface area contributed by atoms with E-state index in [1.54, 1.807) is 6.92 Å². The third-order valence-corrected chi connectivity index (χ3v) is 4.07. The van der Waals surface area contributed by atoms with Gasteiger partial charge in [0.1, 0.15) is 17.3 Å². The molecule has 0 aliphatic heterocycles. The highest BCUT2D eigenvalue weighted by atomic mass is 19.4. The number of benzene rings is 1. The van der Waals surface area contributed by atoms with Crippen LogP contribution in [0.5, 0.6) is 5.75 Å². The van der Waals surface area contributed by atoms with E-state index in [1.165, 1.54) is 43.3 Å². The van der Waals surface area contributed by atoms with Gasteiger partial charge in [-0.25, -0.2) is 4.39 Å². The third kappa shape index (κ3) is 4.59. The lowest BCUT2D eigenvalue weighted by Gasteiger charge is -2.16. The van der Waals surface area contributed by atoms with E-state index >= 15 is 0 Å². The number of alkyl halides is 3. The van der Waals surface area contributed by atoms with Crippen LogP contribution in [0.2, 0.25) is 0 Å². The molecule has 0 saturated carbocycles. The molecule has 28 heavy (non-hydrogen) atoms. The van der Waals surface area contributed by atoms with Gasteiger partial charge in [-0.05, 0) is 50.2 Å². The van der Waals surface area contributed by atoms with Crippen molar-refractivity contribution < 1.29 is 27.1 Å². The Bertz CT molecular complexity index is 1010. The van der Waals surface area contributed by atoms with Crippen LogP contribution in [0.1, 0.15) is 34.8 Å². The van der Waals surface area contributed by atoms with E-state index in [9.17, 15) is 22.4 Å². The first-order valence-corrected chi connectivity index (χ1v) is 8.38. The van der Waals surface area contributed by atoms with Crippen molar-refractivity contribution in [1.82, 2.24) is 15.3 Å². The topological polar surface area (TPSA) is 67.0 Å². The molecule has 0 fully saturated rings. The normalized spacial score (nSPS) is 12.8. The Morgan fingerprint density at radius 1 is 1.25 bits per heavy atom. The molecule has 1 amide bonds. The predicted molar refractivity (Wildman–Crippen MR) is 94.7 cm³/mol. The van der Waals surface area contributed by atoms with Crippen molar-refractivity contribution in [2.24, 2.45) is 0 Å². The molecule has 2 aromatic heterocycles. The molecule has 0 aliphatic carbocycles. The fourth-order valence-electron chi connectivity index (χ4n) is 2.70. The number of hydrogen-bond acceptors (Lipinski definition) is 3. The number of ether oxygens (including phenoxy) is 1. The number of pyridine rings is 1. The Balaban J connectivity index is 1.70. The van der Waals surface area contributed by atoms with E-state index in [-0.39, 0.29) is 17.1 Å². The van der Waals surface area contributed by atoms with Crippen LogP contribution in [0.25, 0.3) is 10.9 Å². The number of fused-ring (bicyclic) bond motifs is 1. The number of amides is 1. The van der Waals surface area contributed by atoms with Gasteiger partial charge in [0.15, 0.2) is 6.61 Å². The number of hydrogen-bond donors (Lipinski definition) is 2. The molecule has 2 N–H and O–H groups in total. The highest BCUT2D eigenvalue weighted by Crippen LogP contribution is 2.23. The van der Waals surface area contributed by atoms with Gasteiger partial charge >= 0.3 is 6.18 Å². The Morgan fingerprint density at radius 3 is 2.68 bits per heavy atom. The standard InChI is InChI=1S/C19H17F4N3O2/c1-10(14-5-6-17(11(2)24-14)28-9-19(21,22)23)25-18(27)16-8-12-7-13(20)3-4-15(12)26-16/h3-8,10,26H,9H2,1-2H3,(H,25,27)/t10-/m1/s1. The van der Waals surface area contributed by atoms with Crippen LogP contribution in [-0.4, -0.2) is 28.7 Å². The maximum Gasteiger partial charge on any atom is 0.422 e. The maximum absolute atomic E-state index is 13.3. The van der Waals surface area contributed by atoms with Crippen molar-refractivity contribution in [1.29, 1.82) is 0 Å². The monoisotopic (exact) mass is 395 g/mol. The number of carbonyl (C=O) groups excluding carboxylic acids is 1. The zero-order chi connectivity index (χ0) is 20.5. The van der Waals surface area contributed by atoms with Crippen LogP contribution in [0.3, 0.4) is 0 Å². The van der Waals surface area contributed by atoms with E-state index in [2.05, 4.69) is 15.3 Å². The summed E-state index contributed by atoms with van der Waals surface area (Å²) in [6.45, 7) is 1.82. The third-order valence-electron chi connectivity index (χ3n) is 4.07. The quantitative estimate of drug-likeness (QED) is 0.628. The van der Waals surface area contributed by atoms with Gasteiger partial charge in [-0.1, -0.05) is 0 Å². The van der Waals surface area contributed by atoms with Crippen molar-refractivity contribution in [2.45, 2.75) is 26.1 Å². The van der Waals surface area contributed by atoms with Crippen molar-refractivity contribution >= 4 is 16.8 Å². The summed E-state index contributed by atoms with van der Waals surface area (Å²) in [5.74, 6) is -0.794. The summed E-state index contributed by atoms with van der Waals surface area (Å²) >= 11 is 0. The molecule has 2 heterocycles. The van der Waals surface area contributed by atoms with E-state index in [0.717, 1.165) is 0 Å². The van der Waals surface area contributed by atoms with Crippen LogP contribution in [0, 0.1) is 12.7 Å². The molecule has 3 aromatic rings. The summed E-state index contributed by atoms with van der Waals surface area (Å²) in [7, 11) is 0. The van der Waals surface area contributed by atoms with Crippen LogP contribution >= 0.6 is 0 Å². The lowest BCUT2D eigenvalue weighted by Crippen LogP contribution is -2.27. The largest absolute Gasteiger partial charge is 0.482 e.